The van der Waals surface area contributed by atoms with Crippen molar-refractivity contribution in [3.63, 3.8) is 0 Å². The maximum atomic E-state index is 12.2. The van der Waals surface area contributed by atoms with Crippen molar-refractivity contribution in [2.45, 2.75) is 31.7 Å². The van der Waals surface area contributed by atoms with E-state index >= 15 is 0 Å². The Morgan fingerprint density at radius 1 is 1.04 bits per heavy atom. The van der Waals surface area contributed by atoms with E-state index in [9.17, 15) is 13.2 Å². The summed E-state index contributed by atoms with van der Waals surface area (Å²) in [7, 11) is -3.68. The second-order valence-corrected chi connectivity index (χ2v) is 7.35. The lowest BCUT2D eigenvalue weighted by atomic mass is 10.1. The van der Waals surface area contributed by atoms with E-state index in [0.29, 0.717) is 6.54 Å². The topological polar surface area (TPSA) is 75.3 Å². The van der Waals surface area contributed by atoms with E-state index in [1.54, 1.807) is 24.3 Å². The van der Waals surface area contributed by atoms with Gasteiger partial charge in [0.1, 0.15) is 0 Å². The van der Waals surface area contributed by atoms with Gasteiger partial charge in [-0.15, -0.1) is 0 Å². The summed E-state index contributed by atoms with van der Waals surface area (Å²) in [6, 6.07) is 14.4. The first-order valence-corrected chi connectivity index (χ1v) is 9.30. The quantitative estimate of drug-likeness (QED) is 0.807. The number of rotatable bonds is 7. The van der Waals surface area contributed by atoms with Crippen LogP contribution in [0.25, 0.3) is 0 Å². The van der Waals surface area contributed by atoms with Gasteiger partial charge < -0.3 is 5.32 Å². The highest BCUT2D eigenvalue weighted by molar-refractivity contribution is 7.89. The third-order valence-corrected chi connectivity index (χ3v) is 5.05. The molecular formula is C18H22N2O3S. The maximum Gasteiger partial charge on any atom is 0.241 e. The van der Waals surface area contributed by atoms with E-state index in [1.165, 1.54) is 0 Å². The molecule has 1 amide bonds. The Morgan fingerprint density at radius 3 is 2.38 bits per heavy atom. The van der Waals surface area contributed by atoms with E-state index in [0.717, 1.165) is 23.1 Å². The van der Waals surface area contributed by atoms with E-state index in [-0.39, 0.29) is 17.3 Å². The SMILES string of the molecule is CCc1ccc(S(=O)(=O)NCC(=O)NCc2cccc(C)c2)cc1. The summed E-state index contributed by atoms with van der Waals surface area (Å²) in [6.07, 6.45) is 0.842. The van der Waals surface area contributed by atoms with Crippen molar-refractivity contribution < 1.29 is 13.2 Å². The zero-order chi connectivity index (χ0) is 17.6. The molecule has 0 atom stereocenters. The summed E-state index contributed by atoms with van der Waals surface area (Å²) in [5, 5.41) is 2.70. The van der Waals surface area contributed by atoms with Crippen LogP contribution in [-0.4, -0.2) is 20.9 Å². The van der Waals surface area contributed by atoms with Crippen molar-refractivity contribution in [1.29, 1.82) is 0 Å². The molecule has 0 bridgehead atoms. The van der Waals surface area contributed by atoms with Crippen LogP contribution < -0.4 is 10.0 Å². The molecule has 0 spiro atoms. The minimum Gasteiger partial charge on any atom is -0.351 e. The van der Waals surface area contributed by atoms with Gasteiger partial charge in [-0.3, -0.25) is 4.79 Å². The van der Waals surface area contributed by atoms with Gasteiger partial charge in [0, 0.05) is 6.54 Å². The van der Waals surface area contributed by atoms with Crippen molar-refractivity contribution in [3.8, 4) is 0 Å². The van der Waals surface area contributed by atoms with Crippen LogP contribution in [0.1, 0.15) is 23.6 Å². The number of aryl methyl sites for hydroxylation is 2. The lowest BCUT2D eigenvalue weighted by Gasteiger charge is -2.09. The summed E-state index contributed by atoms with van der Waals surface area (Å²) in [4.78, 5) is 12.0. The molecule has 2 rings (SSSR count). The molecule has 0 aliphatic carbocycles. The normalized spacial score (nSPS) is 11.2. The number of carbonyl (C=O) groups is 1. The Hall–Kier alpha value is -2.18. The molecule has 5 nitrogen and oxygen atoms in total. The second-order valence-electron chi connectivity index (χ2n) is 5.59. The van der Waals surface area contributed by atoms with Gasteiger partial charge in [0.05, 0.1) is 11.4 Å². The fraction of sp³-hybridized carbons (Fsp3) is 0.278. The highest BCUT2D eigenvalue weighted by atomic mass is 32.2. The fourth-order valence-corrected chi connectivity index (χ4v) is 3.22. The largest absolute Gasteiger partial charge is 0.351 e. The summed E-state index contributed by atoms with van der Waals surface area (Å²) < 4.78 is 26.6. The van der Waals surface area contributed by atoms with E-state index in [4.69, 9.17) is 0 Å². The number of hydrogen-bond donors (Lipinski definition) is 2. The lowest BCUT2D eigenvalue weighted by molar-refractivity contribution is -0.120. The Labute approximate surface area is 143 Å². The number of amides is 1. The summed E-state index contributed by atoms with van der Waals surface area (Å²) in [6.45, 7) is 4.06. The zero-order valence-electron chi connectivity index (χ0n) is 13.9. The van der Waals surface area contributed by atoms with Gasteiger partial charge in [-0.2, -0.15) is 0 Å². The molecule has 0 saturated heterocycles. The van der Waals surface area contributed by atoms with Crippen molar-refractivity contribution in [2.75, 3.05) is 6.54 Å². The molecule has 0 aromatic heterocycles. The lowest BCUT2D eigenvalue weighted by Crippen LogP contribution is -2.36. The minimum absolute atomic E-state index is 0.159. The van der Waals surface area contributed by atoms with Crippen LogP contribution in [0.3, 0.4) is 0 Å². The summed E-state index contributed by atoms with van der Waals surface area (Å²) in [5.74, 6) is -0.370. The highest BCUT2D eigenvalue weighted by Gasteiger charge is 2.15. The first kappa shape index (κ1) is 18.2. The molecule has 6 heteroatoms. The molecule has 24 heavy (non-hydrogen) atoms. The van der Waals surface area contributed by atoms with Gasteiger partial charge in [0.25, 0.3) is 0 Å². The first-order valence-electron chi connectivity index (χ1n) is 7.81. The smallest absolute Gasteiger partial charge is 0.241 e. The first-order chi connectivity index (χ1) is 11.4. The molecule has 2 N–H and O–H groups in total. The molecule has 0 saturated carbocycles. The Morgan fingerprint density at radius 2 is 1.75 bits per heavy atom. The minimum atomic E-state index is -3.68. The van der Waals surface area contributed by atoms with Crippen molar-refractivity contribution >= 4 is 15.9 Å². The average molecular weight is 346 g/mol. The highest BCUT2D eigenvalue weighted by Crippen LogP contribution is 2.10. The van der Waals surface area contributed by atoms with Crippen LogP contribution in [0.2, 0.25) is 0 Å². The predicted molar refractivity (Wildman–Crippen MR) is 94.0 cm³/mol. The summed E-state index contributed by atoms with van der Waals surface area (Å²) in [5.41, 5.74) is 3.14. The third kappa shape index (κ3) is 5.18. The fourth-order valence-electron chi connectivity index (χ4n) is 2.23. The van der Waals surface area contributed by atoms with Crippen LogP contribution >= 0.6 is 0 Å². The van der Waals surface area contributed by atoms with Crippen molar-refractivity contribution in [3.05, 3.63) is 65.2 Å². The molecule has 0 radical (unpaired) electrons. The standard InChI is InChI=1S/C18H22N2O3S/c1-3-15-7-9-17(10-8-15)24(22,23)20-13-18(21)19-12-16-6-4-5-14(2)11-16/h4-11,20H,3,12-13H2,1-2H3,(H,19,21). The number of benzene rings is 2. The third-order valence-electron chi connectivity index (χ3n) is 3.64. The monoisotopic (exact) mass is 346 g/mol. The van der Waals surface area contributed by atoms with Gasteiger partial charge in [-0.1, -0.05) is 48.9 Å². The molecule has 128 valence electrons. The van der Waals surface area contributed by atoms with Crippen LogP contribution in [0, 0.1) is 6.92 Å². The van der Waals surface area contributed by atoms with Gasteiger partial charge in [-0.05, 0) is 36.6 Å². The summed E-state index contributed by atoms with van der Waals surface area (Å²) >= 11 is 0. The molecule has 0 heterocycles. The average Bonchev–Trinajstić information content (AvgIpc) is 2.58. The van der Waals surface area contributed by atoms with Crippen LogP contribution in [-0.2, 0) is 27.8 Å². The molecule has 0 unspecified atom stereocenters. The Bertz CT molecular complexity index is 799. The second kappa shape index (κ2) is 8.08. The maximum absolute atomic E-state index is 12.2. The van der Waals surface area contributed by atoms with E-state index < -0.39 is 10.0 Å². The van der Waals surface area contributed by atoms with Crippen molar-refractivity contribution in [1.82, 2.24) is 10.0 Å². The molecule has 0 fully saturated rings. The zero-order valence-corrected chi connectivity index (χ0v) is 14.7. The number of sulfonamides is 1. The van der Waals surface area contributed by atoms with E-state index in [2.05, 4.69) is 10.0 Å². The number of hydrogen-bond acceptors (Lipinski definition) is 3. The van der Waals surface area contributed by atoms with Gasteiger partial charge >= 0.3 is 0 Å². The Kier molecular flexibility index (Phi) is 6.11. The molecular weight excluding hydrogens is 324 g/mol. The van der Waals surface area contributed by atoms with Crippen LogP contribution in [0.4, 0.5) is 0 Å². The molecule has 0 aliphatic rings. The van der Waals surface area contributed by atoms with Crippen molar-refractivity contribution in [2.24, 2.45) is 0 Å². The predicted octanol–water partition coefficient (Wildman–Crippen LogP) is 2.15. The van der Waals surface area contributed by atoms with Gasteiger partial charge in [0.2, 0.25) is 15.9 Å². The number of nitrogens with one attached hydrogen (secondary N) is 2. The van der Waals surface area contributed by atoms with Gasteiger partial charge in [0.15, 0.2) is 0 Å². The molecule has 0 aliphatic heterocycles. The molecule has 2 aromatic rings. The van der Waals surface area contributed by atoms with Gasteiger partial charge in [-0.25, -0.2) is 13.1 Å². The van der Waals surface area contributed by atoms with E-state index in [1.807, 2.05) is 38.1 Å². The van der Waals surface area contributed by atoms with Crippen LogP contribution in [0.5, 0.6) is 0 Å². The molecule has 2 aromatic carbocycles. The van der Waals surface area contributed by atoms with Crippen LogP contribution in [0.15, 0.2) is 53.4 Å². The number of carbonyl (C=O) groups excluding carboxylic acids is 1. The Balaban J connectivity index is 1.87.